The summed E-state index contributed by atoms with van der Waals surface area (Å²) in [7, 11) is -3.87. The van der Waals surface area contributed by atoms with Crippen LogP contribution in [0, 0.1) is 0 Å². The van der Waals surface area contributed by atoms with Crippen LogP contribution in [0.2, 0.25) is 10.0 Å². The van der Waals surface area contributed by atoms with Crippen LogP contribution < -0.4 is 5.32 Å². The maximum Gasteiger partial charge on any atom is 0.255 e. The molecule has 1 fully saturated rings. The number of morpholine rings is 1. The van der Waals surface area contributed by atoms with Crippen molar-refractivity contribution in [2.75, 3.05) is 18.4 Å². The molecule has 9 heteroatoms. The van der Waals surface area contributed by atoms with E-state index in [0.717, 1.165) is 0 Å². The Morgan fingerprint density at radius 1 is 1.07 bits per heavy atom. The summed E-state index contributed by atoms with van der Waals surface area (Å²) in [6, 6.07) is 10.8. The minimum Gasteiger partial charge on any atom is -0.373 e. The van der Waals surface area contributed by atoms with Crippen molar-refractivity contribution >= 4 is 44.8 Å². The lowest BCUT2D eigenvalue weighted by molar-refractivity contribution is -0.0440. The predicted octanol–water partition coefficient (Wildman–Crippen LogP) is 4.04. The van der Waals surface area contributed by atoms with Crippen LogP contribution in [0.5, 0.6) is 0 Å². The third-order valence-corrected chi connectivity index (χ3v) is 6.86. The molecule has 2 aromatic rings. The van der Waals surface area contributed by atoms with Gasteiger partial charge in [-0.1, -0.05) is 23.2 Å². The summed E-state index contributed by atoms with van der Waals surface area (Å²) in [5.41, 5.74) is 0.733. The van der Waals surface area contributed by atoms with Crippen molar-refractivity contribution in [3.63, 3.8) is 0 Å². The quantitative estimate of drug-likeness (QED) is 0.774. The van der Waals surface area contributed by atoms with Gasteiger partial charge in [0.1, 0.15) is 4.90 Å². The first kappa shape index (κ1) is 21.1. The van der Waals surface area contributed by atoms with Crippen LogP contribution in [0.1, 0.15) is 24.2 Å². The van der Waals surface area contributed by atoms with Crippen molar-refractivity contribution in [3.05, 3.63) is 58.1 Å². The minimum absolute atomic E-state index is 0.0647. The molecule has 0 bridgehead atoms. The highest BCUT2D eigenvalue weighted by atomic mass is 35.5. The molecule has 1 N–H and O–H groups in total. The molecule has 150 valence electrons. The summed E-state index contributed by atoms with van der Waals surface area (Å²) in [4.78, 5) is 12.5. The van der Waals surface area contributed by atoms with Gasteiger partial charge in [-0.2, -0.15) is 4.31 Å². The molecule has 0 unspecified atom stereocenters. The molecule has 2 aromatic carbocycles. The Hall–Kier alpha value is -1.64. The fraction of sp³-hybridized carbons (Fsp3) is 0.316. The number of benzene rings is 2. The first-order chi connectivity index (χ1) is 13.2. The van der Waals surface area contributed by atoms with E-state index in [-0.39, 0.29) is 40.8 Å². The third-order valence-electron chi connectivity index (χ3n) is 4.30. The van der Waals surface area contributed by atoms with E-state index in [1.54, 1.807) is 24.3 Å². The Kier molecular flexibility index (Phi) is 6.31. The van der Waals surface area contributed by atoms with E-state index < -0.39 is 15.9 Å². The molecule has 1 heterocycles. The number of nitrogens with one attached hydrogen (secondary N) is 1. The lowest BCUT2D eigenvalue weighted by Gasteiger charge is -2.34. The number of hydrogen-bond donors (Lipinski definition) is 1. The second kappa shape index (κ2) is 8.39. The number of carbonyl (C=O) groups is 1. The molecule has 3 rings (SSSR count). The van der Waals surface area contributed by atoms with E-state index in [4.69, 9.17) is 27.9 Å². The van der Waals surface area contributed by atoms with Crippen molar-refractivity contribution in [3.8, 4) is 0 Å². The summed E-state index contributed by atoms with van der Waals surface area (Å²) in [6.45, 7) is 4.08. The van der Waals surface area contributed by atoms with Crippen molar-refractivity contribution < 1.29 is 17.9 Å². The number of nitrogens with zero attached hydrogens (tertiary/aromatic N) is 1. The Morgan fingerprint density at radius 3 is 2.29 bits per heavy atom. The van der Waals surface area contributed by atoms with Crippen LogP contribution in [-0.4, -0.2) is 43.9 Å². The topological polar surface area (TPSA) is 75.7 Å². The van der Waals surface area contributed by atoms with E-state index in [2.05, 4.69) is 5.32 Å². The number of carbonyl (C=O) groups excluding carboxylic acids is 1. The van der Waals surface area contributed by atoms with Crippen molar-refractivity contribution in [2.24, 2.45) is 0 Å². The maximum atomic E-state index is 13.1. The molecule has 0 saturated carbocycles. The van der Waals surface area contributed by atoms with Gasteiger partial charge in [0.05, 0.1) is 17.2 Å². The largest absolute Gasteiger partial charge is 0.373 e. The maximum absolute atomic E-state index is 13.1. The van der Waals surface area contributed by atoms with Crippen LogP contribution in [0.4, 0.5) is 5.69 Å². The summed E-state index contributed by atoms with van der Waals surface area (Å²) in [6.07, 6.45) is -0.456. The molecule has 6 nitrogen and oxygen atoms in total. The first-order valence-corrected chi connectivity index (χ1v) is 10.9. The Balaban J connectivity index is 1.88. The number of rotatable bonds is 4. The molecule has 0 radical (unpaired) electrons. The Labute approximate surface area is 174 Å². The number of anilines is 1. The van der Waals surface area contributed by atoms with E-state index >= 15 is 0 Å². The van der Waals surface area contributed by atoms with E-state index in [1.165, 1.54) is 22.5 Å². The zero-order valence-corrected chi connectivity index (χ0v) is 17.7. The highest BCUT2D eigenvalue weighted by Gasteiger charge is 2.33. The Bertz CT molecular complexity index is 970. The van der Waals surface area contributed by atoms with E-state index in [0.29, 0.717) is 10.7 Å². The standard InChI is InChI=1S/C19H20Cl2N2O4S/c1-12-10-23(11-13(2)27-12)28(25,26)18-9-14(3-8-17(18)21)19(24)22-16-6-4-15(20)5-7-16/h3-9,12-13H,10-11H2,1-2H3,(H,22,24)/t12-,13-/m1/s1. The molecule has 2 atom stereocenters. The van der Waals surface area contributed by atoms with Gasteiger partial charge in [0, 0.05) is 29.4 Å². The van der Waals surface area contributed by atoms with Gasteiger partial charge >= 0.3 is 0 Å². The molecular formula is C19H20Cl2N2O4S. The second-order valence-electron chi connectivity index (χ2n) is 6.69. The fourth-order valence-corrected chi connectivity index (χ4v) is 5.26. The number of halogens is 2. The lowest BCUT2D eigenvalue weighted by Crippen LogP contribution is -2.48. The monoisotopic (exact) mass is 442 g/mol. The number of ether oxygens (including phenoxy) is 1. The van der Waals surface area contributed by atoms with Crippen molar-refractivity contribution in [1.82, 2.24) is 4.31 Å². The molecule has 28 heavy (non-hydrogen) atoms. The van der Waals surface area contributed by atoms with Crippen LogP contribution >= 0.6 is 23.2 Å². The molecule has 0 aliphatic carbocycles. The SMILES string of the molecule is C[C@@H]1CN(S(=O)(=O)c2cc(C(=O)Nc3ccc(Cl)cc3)ccc2Cl)C[C@@H](C)O1. The fourth-order valence-electron chi connectivity index (χ4n) is 3.04. The van der Waals surface area contributed by atoms with Gasteiger partial charge < -0.3 is 10.1 Å². The molecule has 1 amide bonds. The average molecular weight is 443 g/mol. The number of hydrogen-bond acceptors (Lipinski definition) is 4. The van der Waals surface area contributed by atoms with Crippen LogP contribution in [-0.2, 0) is 14.8 Å². The van der Waals surface area contributed by atoms with Gasteiger partial charge in [0.25, 0.3) is 5.91 Å². The molecule has 0 spiro atoms. The van der Waals surface area contributed by atoms with E-state index in [9.17, 15) is 13.2 Å². The van der Waals surface area contributed by atoms with Gasteiger partial charge in [0.2, 0.25) is 10.0 Å². The first-order valence-electron chi connectivity index (χ1n) is 8.69. The molecule has 1 aliphatic rings. The third kappa shape index (κ3) is 4.67. The minimum atomic E-state index is -3.87. The second-order valence-corrected chi connectivity index (χ2v) is 9.44. The summed E-state index contributed by atoms with van der Waals surface area (Å²) < 4.78 is 33.2. The van der Waals surface area contributed by atoms with Gasteiger partial charge in [-0.3, -0.25) is 4.79 Å². The predicted molar refractivity (Wildman–Crippen MR) is 110 cm³/mol. The zero-order chi connectivity index (χ0) is 20.5. The lowest BCUT2D eigenvalue weighted by atomic mass is 10.2. The molecule has 0 aromatic heterocycles. The molecule has 1 aliphatic heterocycles. The van der Waals surface area contributed by atoms with Crippen molar-refractivity contribution in [2.45, 2.75) is 31.0 Å². The highest BCUT2D eigenvalue weighted by Crippen LogP contribution is 2.28. The summed E-state index contributed by atoms with van der Waals surface area (Å²) in [5.74, 6) is -0.445. The number of sulfonamides is 1. The summed E-state index contributed by atoms with van der Waals surface area (Å²) >= 11 is 12.0. The van der Waals surface area contributed by atoms with Crippen molar-refractivity contribution in [1.29, 1.82) is 0 Å². The normalized spacial score (nSPS) is 20.7. The molecular weight excluding hydrogens is 423 g/mol. The van der Waals surface area contributed by atoms with Crippen LogP contribution in [0.3, 0.4) is 0 Å². The van der Waals surface area contributed by atoms with Gasteiger partial charge in [-0.05, 0) is 56.3 Å². The smallest absolute Gasteiger partial charge is 0.255 e. The van der Waals surface area contributed by atoms with Gasteiger partial charge in [-0.15, -0.1) is 0 Å². The number of amides is 1. The average Bonchev–Trinajstić information content (AvgIpc) is 2.63. The van der Waals surface area contributed by atoms with Crippen LogP contribution in [0.15, 0.2) is 47.4 Å². The summed E-state index contributed by atoms with van der Waals surface area (Å²) in [5, 5.41) is 3.32. The van der Waals surface area contributed by atoms with Crippen LogP contribution in [0.25, 0.3) is 0 Å². The van der Waals surface area contributed by atoms with Gasteiger partial charge in [-0.25, -0.2) is 8.42 Å². The zero-order valence-electron chi connectivity index (χ0n) is 15.4. The highest BCUT2D eigenvalue weighted by molar-refractivity contribution is 7.89. The molecule has 1 saturated heterocycles. The van der Waals surface area contributed by atoms with Gasteiger partial charge in [0.15, 0.2) is 0 Å². The van der Waals surface area contributed by atoms with E-state index in [1.807, 2.05) is 13.8 Å². The Morgan fingerprint density at radius 2 is 1.68 bits per heavy atom.